The zero-order chi connectivity index (χ0) is 30.9. The predicted molar refractivity (Wildman–Crippen MR) is 163 cm³/mol. The van der Waals surface area contributed by atoms with Crippen LogP contribution >= 0.6 is 22.9 Å². The number of esters is 1. The van der Waals surface area contributed by atoms with E-state index in [1.807, 2.05) is 23.6 Å². The lowest BCUT2D eigenvalue weighted by molar-refractivity contribution is -0.190. The first-order valence-electron chi connectivity index (χ1n) is 13.5. The highest BCUT2D eigenvalue weighted by molar-refractivity contribution is 7.22. The molecule has 0 radical (unpaired) electrons. The fourth-order valence-corrected chi connectivity index (χ4v) is 5.78. The standard InChI is InChI=1S/C29H28ClF3N6O3S/c1-4-12-34-13-5-14-38-22-11-10-19(15-20(22)35-27(38)37(2)3)39-25(40)24-21(36-28(39)42-26(41)29(31,32)33)16-23(43-24)17-6-8-18(30)9-7-17/h6-11,15-16,34H,4-5,12-14H2,1-3H3. The highest BCUT2D eigenvalue weighted by Gasteiger charge is 2.42. The normalized spacial score (nSPS) is 11.9. The van der Waals surface area contributed by atoms with Gasteiger partial charge in [-0.1, -0.05) is 30.7 Å². The summed E-state index contributed by atoms with van der Waals surface area (Å²) in [6.45, 7) is 4.52. The van der Waals surface area contributed by atoms with E-state index >= 15 is 0 Å². The van der Waals surface area contributed by atoms with Crippen LogP contribution in [0.2, 0.25) is 5.02 Å². The van der Waals surface area contributed by atoms with Crippen LogP contribution in [0.4, 0.5) is 19.1 Å². The Kier molecular flexibility index (Phi) is 8.76. The van der Waals surface area contributed by atoms with E-state index in [1.54, 1.807) is 48.5 Å². The van der Waals surface area contributed by atoms with Crippen molar-refractivity contribution in [3.8, 4) is 22.1 Å². The van der Waals surface area contributed by atoms with Crippen LogP contribution in [-0.4, -0.2) is 58.4 Å². The Morgan fingerprint density at radius 1 is 1.07 bits per heavy atom. The van der Waals surface area contributed by atoms with E-state index < -0.39 is 23.7 Å². The Bertz CT molecular complexity index is 1850. The molecule has 0 unspecified atom stereocenters. The van der Waals surface area contributed by atoms with Gasteiger partial charge < -0.3 is 19.5 Å². The van der Waals surface area contributed by atoms with Crippen molar-refractivity contribution in [1.29, 1.82) is 0 Å². The predicted octanol–water partition coefficient (Wildman–Crippen LogP) is 6.04. The quantitative estimate of drug-likeness (QED) is 0.148. The monoisotopic (exact) mass is 632 g/mol. The number of aryl methyl sites for hydroxylation is 1. The first-order valence-corrected chi connectivity index (χ1v) is 14.7. The van der Waals surface area contributed by atoms with Crippen LogP contribution in [0.5, 0.6) is 6.01 Å². The maximum absolute atomic E-state index is 13.8. The van der Waals surface area contributed by atoms with Crippen LogP contribution < -0.4 is 20.5 Å². The number of benzene rings is 2. The van der Waals surface area contributed by atoms with Gasteiger partial charge in [0.05, 0.1) is 22.2 Å². The number of anilines is 1. The van der Waals surface area contributed by atoms with E-state index in [0.29, 0.717) is 27.9 Å². The lowest BCUT2D eigenvalue weighted by Gasteiger charge is -2.15. The average Bonchev–Trinajstić information content (AvgIpc) is 3.55. The van der Waals surface area contributed by atoms with E-state index in [4.69, 9.17) is 16.6 Å². The number of rotatable bonds is 10. The number of ether oxygens (including phenoxy) is 1. The second-order valence-electron chi connectivity index (χ2n) is 9.99. The third kappa shape index (κ3) is 6.38. The molecule has 0 saturated heterocycles. The number of imidazole rings is 1. The van der Waals surface area contributed by atoms with Crippen molar-refractivity contribution in [2.45, 2.75) is 32.5 Å². The Hall–Kier alpha value is -3.94. The molecule has 1 N–H and O–H groups in total. The molecule has 9 nitrogen and oxygen atoms in total. The molecular weight excluding hydrogens is 605 g/mol. The van der Waals surface area contributed by atoms with Crippen LogP contribution in [-0.2, 0) is 11.3 Å². The molecule has 0 spiro atoms. The Morgan fingerprint density at radius 2 is 1.81 bits per heavy atom. The summed E-state index contributed by atoms with van der Waals surface area (Å²) in [5, 5.41) is 3.90. The summed E-state index contributed by atoms with van der Waals surface area (Å²) >= 11 is 7.12. The zero-order valence-electron chi connectivity index (χ0n) is 23.5. The van der Waals surface area contributed by atoms with Gasteiger partial charge in [0.25, 0.3) is 5.56 Å². The molecule has 0 aliphatic carbocycles. The van der Waals surface area contributed by atoms with Crippen molar-refractivity contribution in [2.75, 3.05) is 32.1 Å². The van der Waals surface area contributed by atoms with E-state index in [0.717, 1.165) is 52.9 Å². The van der Waals surface area contributed by atoms with Gasteiger partial charge in [-0.05, 0) is 67.9 Å². The molecule has 0 aliphatic heterocycles. The molecule has 3 heterocycles. The van der Waals surface area contributed by atoms with Crippen LogP contribution in [0.3, 0.4) is 0 Å². The summed E-state index contributed by atoms with van der Waals surface area (Å²) in [6, 6.07) is 12.5. The molecule has 0 amide bonds. The van der Waals surface area contributed by atoms with Crippen molar-refractivity contribution < 1.29 is 22.7 Å². The van der Waals surface area contributed by atoms with Crippen molar-refractivity contribution in [3.63, 3.8) is 0 Å². The second kappa shape index (κ2) is 12.3. The minimum atomic E-state index is -5.30. The van der Waals surface area contributed by atoms with Gasteiger partial charge in [0.15, 0.2) is 0 Å². The topological polar surface area (TPSA) is 94.3 Å². The highest BCUT2D eigenvalue weighted by atomic mass is 35.5. The van der Waals surface area contributed by atoms with Crippen LogP contribution in [0.1, 0.15) is 19.8 Å². The number of hydrogen-bond acceptors (Lipinski definition) is 8. The summed E-state index contributed by atoms with van der Waals surface area (Å²) < 4.78 is 47.4. The van der Waals surface area contributed by atoms with E-state index in [-0.39, 0.29) is 15.9 Å². The molecule has 2 aromatic carbocycles. The van der Waals surface area contributed by atoms with Crippen molar-refractivity contribution in [1.82, 2.24) is 24.4 Å². The number of aromatic nitrogens is 4. The molecule has 0 saturated carbocycles. The van der Waals surface area contributed by atoms with Crippen molar-refractivity contribution in [3.05, 3.63) is 63.9 Å². The summed E-state index contributed by atoms with van der Waals surface area (Å²) in [5.74, 6) is -1.81. The Labute approximate surface area is 253 Å². The molecule has 43 heavy (non-hydrogen) atoms. The highest BCUT2D eigenvalue weighted by Crippen LogP contribution is 2.34. The smallest absolute Gasteiger partial charge is 0.385 e. The summed E-state index contributed by atoms with van der Waals surface area (Å²) in [5.41, 5.74) is 1.58. The van der Waals surface area contributed by atoms with Gasteiger partial charge in [-0.2, -0.15) is 18.2 Å². The SMILES string of the molecule is CCCNCCCn1c(N(C)C)nc2cc(-n3c(OC(=O)C(F)(F)F)nc4cc(-c5ccc(Cl)cc5)sc4c3=O)ccc21. The Morgan fingerprint density at radius 3 is 2.49 bits per heavy atom. The van der Waals surface area contributed by atoms with Gasteiger partial charge in [0, 0.05) is 30.5 Å². The van der Waals surface area contributed by atoms with E-state index in [1.165, 1.54) is 0 Å². The molecule has 3 aromatic heterocycles. The van der Waals surface area contributed by atoms with Crippen LogP contribution in [0, 0.1) is 0 Å². The zero-order valence-corrected chi connectivity index (χ0v) is 25.1. The lowest BCUT2D eigenvalue weighted by Crippen LogP contribution is -2.31. The van der Waals surface area contributed by atoms with Crippen molar-refractivity contribution in [2.24, 2.45) is 0 Å². The summed E-state index contributed by atoms with van der Waals surface area (Å²) in [4.78, 5) is 37.1. The largest absolute Gasteiger partial charge is 0.491 e. The van der Waals surface area contributed by atoms with Crippen molar-refractivity contribution >= 4 is 56.1 Å². The number of hydrogen-bond donors (Lipinski definition) is 1. The number of halogens is 4. The van der Waals surface area contributed by atoms with Crippen LogP contribution in [0.25, 0.3) is 37.4 Å². The minimum Gasteiger partial charge on any atom is -0.385 e. The Balaban J connectivity index is 1.63. The van der Waals surface area contributed by atoms with E-state index in [9.17, 15) is 22.8 Å². The summed E-state index contributed by atoms with van der Waals surface area (Å²) in [7, 11) is 3.72. The fourth-order valence-electron chi connectivity index (χ4n) is 4.62. The maximum Gasteiger partial charge on any atom is 0.491 e. The minimum absolute atomic E-state index is 0.0955. The van der Waals surface area contributed by atoms with Gasteiger partial charge in [-0.25, -0.2) is 14.3 Å². The first kappa shape index (κ1) is 30.5. The van der Waals surface area contributed by atoms with Gasteiger partial charge in [0.2, 0.25) is 5.95 Å². The summed E-state index contributed by atoms with van der Waals surface area (Å²) in [6.07, 6.45) is -3.41. The second-order valence-corrected chi connectivity index (χ2v) is 11.5. The fraction of sp³-hybridized carbons (Fsp3) is 0.310. The number of nitrogens with one attached hydrogen (secondary N) is 1. The van der Waals surface area contributed by atoms with E-state index in [2.05, 4.69) is 22.0 Å². The number of carbonyl (C=O) groups excluding carboxylic acids is 1. The molecule has 5 aromatic rings. The molecule has 0 atom stereocenters. The number of carbonyl (C=O) groups is 1. The molecular formula is C29H28ClF3N6O3S. The molecule has 226 valence electrons. The van der Waals surface area contributed by atoms with Gasteiger partial charge in [-0.15, -0.1) is 11.3 Å². The van der Waals surface area contributed by atoms with Gasteiger partial charge in [-0.3, -0.25) is 4.79 Å². The van der Waals surface area contributed by atoms with Crippen LogP contribution in [0.15, 0.2) is 53.3 Å². The molecule has 0 fully saturated rings. The number of thiophene rings is 1. The molecule has 14 heteroatoms. The average molecular weight is 633 g/mol. The molecule has 5 rings (SSSR count). The lowest BCUT2D eigenvalue weighted by atomic mass is 10.2. The first-order chi connectivity index (χ1) is 20.5. The number of fused-ring (bicyclic) bond motifs is 2. The molecule has 0 aliphatic rings. The van der Waals surface area contributed by atoms with Gasteiger partial charge in [0.1, 0.15) is 4.70 Å². The van der Waals surface area contributed by atoms with Gasteiger partial charge >= 0.3 is 18.2 Å². The third-order valence-electron chi connectivity index (χ3n) is 6.59. The number of alkyl halides is 3. The third-order valence-corrected chi connectivity index (χ3v) is 8.01. The maximum atomic E-state index is 13.8. The molecule has 0 bridgehead atoms. The number of nitrogens with zero attached hydrogens (tertiary/aromatic N) is 5.